The highest BCUT2D eigenvalue weighted by Gasteiger charge is 2.21. The average molecular weight is 292 g/mol. The first-order valence-corrected chi connectivity index (χ1v) is 7.49. The molecule has 3 N–H and O–H groups in total. The van der Waals surface area contributed by atoms with Gasteiger partial charge in [0, 0.05) is 12.1 Å². The van der Waals surface area contributed by atoms with Gasteiger partial charge < -0.3 is 15.8 Å². The van der Waals surface area contributed by atoms with E-state index in [-0.39, 0.29) is 5.91 Å². The van der Waals surface area contributed by atoms with Crippen LogP contribution in [-0.4, -0.2) is 18.1 Å². The van der Waals surface area contributed by atoms with Gasteiger partial charge in [0.25, 0.3) is 0 Å². The first-order valence-electron chi connectivity index (χ1n) is 7.49. The number of carbonyl (C=O) groups is 1. The fourth-order valence-electron chi connectivity index (χ4n) is 1.75. The lowest BCUT2D eigenvalue weighted by Crippen LogP contribution is -2.48. The van der Waals surface area contributed by atoms with Crippen LogP contribution in [0.3, 0.4) is 0 Å². The van der Waals surface area contributed by atoms with Gasteiger partial charge in [-0.15, -0.1) is 0 Å². The smallest absolute Gasteiger partial charge is 0.239 e. The second kappa shape index (κ2) is 7.46. The van der Waals surface area contributed by atoms with Crippen molar-refractivity contribution in [1.82, 2.24) is 5.32 Å². The van der Waals surface area contributed by atoms with E-state index >= 15 is 0 Å². The van der Waals surface area contributed by atoms with Crippen LogP contribution in [0.25, 0.3) is 0 Å². The van der Waals surface area contributed by atoms with Crippen LogP contribution in [0.2, 0.25) is 0 Å². The molecule has 0 aliphatic carbocycles. The molecule has 4 nitrogen and oxygen atoms in total. The molecular weight excluding hydrogens is 264 g/mol. The van der Waals surface area contributed by atoms with Gasteiger partial charge in [-0.2, -0.15) is 0 Å². The molecule has 0 aromatic heterocycles. The Labute approximate surface area is 128 Å². The van der Waals surface area contributed by atoms with Crippen molar-refractivity contribution >= 4 is 5.91 Å². The first-order chi connectivity index (χ1) is 9.70. The van der Waals surface area contributed by atoms with Crippen molar-refractivity contribution in [3.05, 3.63) is 29.3 Å². The molecule has 0 spiro atoms. The van der Waals surface area contributed by atoms with Gasteiger partial charge in [0.05, 0.1) is 12.1 Å². The molecule has 1 rings (SSSR count). The van der Waals surface area contributed by atoms with Gasteiger partial charge in [0.1, 0.15) is 5.75 Å². The molecular formula is C17H28N2O2. The zero-order valence-electron chi connectivity index (χ0n) is 13.8. The van der Waals surface area contributed by atoms with Crippen LogP contribution in [0, 0.1) is 12.8 Å². The zero-order chi connectivity index (χ0) is 16.0. The molecule has 0 heterocycles. The lowest BCUT2D eigenvalue weighted by atomic mass is 10.1. The summed E-state index contributed by atoms with van der Waals surface area (Å²) < 4.78 is 5.86. The molecule has 0 aliphatic heterocycles. The third-order valence-electron chi connectivity index (χ3n) is 3.20. The average Bonchev–Trinajstić information content (AvgIpc) is 2.35. The van der Waals surface area contributed by atoms with Crippen molar-refractivity contribution in [1.29, 1.82) is 0 Å². The molecule has 0 unspecified atom stereocenters. The molecule has 0 saturated carbocycles. The summed E-state index contributed by atoms with van der Waals surface area (Å²) in [6.45, 7) is 10.9. The Morgan fingerprint density at radius 2 is 2.05 bits per heavy atom. The number of aryl methyl sites for hydroxylation is 1. The predicted molar refractivity (Wildman–Crippen MR) is 86.2 cm³/mol. The Balaban J connectivity index is 2.70. The SMILES string of the molecule is Cc1ccc(CNC(=O)C(C)(C)N)c(OCCC(C)C)c1. The summed E-state index contributed by atoms with van der Waals surface area (Å²) in [5.41, 5.74) is 7.02. The van der Waals surface area contributed by atoms with E-state index in [2.05, 4.69) is 19.2 Å². The third kappa shape index (κ3) is 6.17. The fraction of sp³-hybridized carbons (Fsp3) is 0.588. The van der Waals surface area contributed by atoms with Crippen LogP contribution in [0.5, 0.6) is 5.75 Å². The Morgan fingerprint density at radius 1 is 1.38 bits per heavy atom. The largest absolute Gasteiger partial charge is 0.493 e. The normalized spacial score (nSPS) is 11.6. The van der Waals surface area contributed by atoms with E-state index in [4.69, 9.17) is 10.5 Å². The highest BCUT2D eigenvalue weighted by molar-refractivity contribution is 5.85. The van der Waals surface area contributed by atoms with Gasteiger partial charge in [-0.3, -0.25) is 4.79 Å². The minimum Gasteiger partial charge on any atom is -0.493 e. The maximum Gasteiger partial charge on any atom is 0.239 e. The molecule has 0 saturated heterocycles. The molecule has 1 amide bonds. The molecule has 0 bridgehead atoms. The summed E-state index contributed by atoms with van der Waals surface area (Å²) in [5, 5.41) is 2.85. The van der Waals surface area contributed by atoms with E-state index in [0.29, 0.717) is 19.1 Å². The quantitative estimate of drug-likeness (QED) is 0.812. The van der Waals surface area contributed by atoms with E-state index < -0.39 is 5.54 Å². The highest BCUT2D eigenvalue weighted by Crippen LogP contribution is 2.21. The zero-order valence-corrected chi connectivity index (χ0v) is 13.8. The van der Waals surface area contributed by atoms with Crippen molar-refractivity contribution in [3.63, 3.8) is 0 Å². The topological polar surface area (TPSA) is 64.4 Å². The minimum atomic E-state index is -0.872. The lowest BCUT2D eigenvalue weighted by molar-refractivity contribution is -0.125. The molecule has 1 aromatic carbocycles. The van der Waals surface area contributed by atoms with Crippen LogP contribution >= 0.6 is 0 Å². The first kappa shape index (κ1) is 17.5. The van der Waals surface area contributed by atoms with Crippen molar-refractivity contribution in [2.75, 3.05) is 6.61 Å². The number of hydrogen-bond acceptors (Lipinski definition) is 3. The van der Waals surface area contributed by atoms with Crippen molar-refractivity contribution in [2.24, 2.45) is 11.7 Å². The third-order valence-corrected chi connectivity index (χ3v) is 3.20. The molecule has 0 radical (unpaired) electrons. The molecule has 21 heavy (non-hydrogen) atoms. The molecule has 0 fully saturated rings. The molecule has 1 aromatic rings. The molecule has 118 valence electrons. The van der Waals surface area contributed by atoms with E-state index in [1.165, 1.54) is 0 Å². The number of benzene rings is 1. The van der Waals surface area contributed by atoms with E-state index in [9.17, 15) is 4.79 Å². The number of carbonyl (C=O) groups excluding carboxylic acids is 1. The Bertz CT molecular complexity index is 476. The van der Waals surface area contributed by atoms with Crippen molar-refractivity contribution < 1.29 is 9.53 Å². The monoisotopic (exact) mass is 292 g/mol. The van der Waals surface area contributed by atoms with Gasteiger partial charge in [0.2, 0.25) is 5.91 Å². The van der Waals surface area contributed by atoms with Crippen LogP contribution in [0.15, 0.2) is 18.2 Å². The summed E-state index contributed by atoms with van der Waals surface area (Å²) in [6.07, 6.45) is 1.01. The van der Waals surface area contributed by atoms with E-state index in [0.717, 1.165) is 23.3 Å². The number of hydrogen-bond donors (Lipinski definition) is 2. The van der Waals surface area contributed by atoms with Gasteiger partial charge in [-0.25, -0.2) is 0 Å². The number of nitrogens with two attached hydrogens (primary N) is 1. The standard InChI is InChI=1S/C17H28N2O2/c1-12(2)8-9-21-15-10-13(3)6-7-14(15)11-19-16(20)17(4,5)18/h6-7,10,12H,8-9,11,18H2,1-5H3,(H,19,20). The highest BCUT2D eigenvalue weighted by atomic mass is 16.5. The fourth-order valence-corrected chi connectivity index (χ4v) is 1.75. The summed E-state index contributed by atoms with van der Waals surface area (Å²) >= 11 is 0. The summed E-state index contributed by atoms with van der Waals surface area (Å²) in [6, 6.07) is 6.02. The predicted octanol–water partition coefficient (Wildman–Crippen LogP) is 2.77. The van der Waals surface area contributed by atoms with Crippen LogP contribution in [0.1, 0.15) is 45.2 Å². The van der Waals surface area contributed by atoms with Crippen LogP contribution in [0.4, 0.5) is 0 Å². The Hall–Kier alpha value is -1.55. The Morgan fingerprint density at radius 3 is 2.62 bits per heavy atom. The summed E-state index contributed by atoms with van der Waals surface area (Å²) in [5.74, 6) is 1.28. The van der Waals surface area contributed by atoms with Crippen molar-refractivity contribution in [3.8, 4) is 5.75 Å². The molecule has 0 aliphatic rings. The van der Waals surface area contributed by atoms with Gasteiger partial charge in [0.15, 0.2) is 0 Å². The number of nitrogens with one attached hydrogen (secondary N) is 1. The van der Waals surface area contributed by atoms with E-state index in [1.54, 1.807) is 13.8 Å². The molecule has 4 heteroatoms. The van der Waals surface area contributed by atoms with Crippen LogP contribution < -0.4 is 15.8 Å². The second-order valence-electron chi connectivity index (χ2n) is 6.55. The van der Waals surface area contributed by atoms with Gasteiger partial charge in [-0.1, -0.05) is 26.0 Å². The summed E-state index contributed by atoms with van der Waals surface area (Å²) in [4.78, 5) is 11.8. The van der Waals surface area contributed by atoms with E-state index in [1.807, 2.05) is 25.1 Å². The van der Waals surface area contributed by atoms with Gasteiger partial charge in [-0.05, 0) is 44.7 Å². The Kier molecular flexibility index (Phi) is 6.21. The lowest BCUT2D eigenvalue weighted by Gasteiger charge is -2.19. The maximum atomic E-state index is 11.8. The summed E-state index contributed by atoms with van der Waals surface area (Å²) in [7, 11) is 0. The second-order valence-corrected chi connectivity index (χ2v) is 6.55. The number of rotatable bonds is 7. The van der Waals surface area contributed by atoms with Crippen LogP contribution in [-0.2, 0) is 11.3 Å². The van der Waals surface area contributed by atoms with Crippen molar-refractivity contribution in [2.45, 2.75) is 53.1 Å². The number of amides is 1. The molecule has 0 atom stereocenters. The number of ether oxygens (including phenoxy) is 1. The van der Waals surface area contributed by atoms with Gasteiger partial charge >= 0.3 is 0 Å². The minimum absolute atomic E-state index is 0.170. The maximum absolute atomic E-state index is 11.8.